The average molecular weight is 297 g/mol. The minimum absolute atomic E-state index is 0.103. The standard InChI is InChI=1S/C18H35NO2/c1-18(2,3)16-7-8-17(20)15(10-16)12-19(4)11-14-6-5-9-21-13-14/h14-17,20H,5-13H2,1-4H3. The van der Waals surface area contributed by atoms with E-state index < -0.39 is 0 Å². The van der Waals surface area contributed by atoms with Crippen LogP contribution < -0.4 is 0 Å². The molecule has 1 saturated heterocycles. The zero-order valence-corrected chi connectivity index (χ0v) is 14.5. The summed E-state index contributed by atoms with van der Waals surface area (Å²) in [6.07, 6.45) is 5.73. The quantitative estimate of drug-likeness (QED) is 0.865. The Morgan fingerprint density at radius 3 is 2.52 bits per heavy atom. The molecule has 2 rings (SSSR count). The Morgan fingerprint density at radius 1 is 1.14 bits per heavy atom. The normalized spacial score (nSPS) is 35.1. The van der Waals surface area contributed by atoms with Gasteiger partial charge in [0.1, 0.15) is 0 Å². The summed E-state index contributed by atoms with van der Waals surface area (Å²) in [4.78, 5) is 2.43. The fraction of sp³-hybridized carbons (Fsp3) is 1.00. The lowest BCUT2D eigenvalue weighted by Gasteiger charge is -2.41. The summed E-state index contributed by atoms with van der Waals surface area (Å²) in [5.74, 6) is 1.87. The fourth-order valence-corrected chi connectivity index (χ4v) is 4.10. The average Bonchev–Trinajstić information content (AvgIpc) is 2.41. The van der Waals surface area contributed by atoms with Gasteiger partial charge in [-0.05, 0) is 62.3 Å². The van der Waals surface area contributed by atoms with E-state index in [9.17, 15) is 5.11 Å². The topological polar surface area (TPSA) is 32.7 Å². The maximum Gasteiger partial charge on any atom is 0.0580 e. The zero-order valence-electron chi connectivity index (χ0n) is 14.5. The molecular weight excluding hydrogens is 262 g/mol. The highest BCUT2D eigenvalue weighted by atomic mass is 16.5. The largest absolute Gasteiger partial charge is 0.393 e. The highest BCUT2D eigenvalue weighted by Crippen LogP contribution is 2.40. The minimum atomic E-state index is -0.103. The SMILES string of the molecule is CN(CC1CCCOC1)CC1CC(C(C)(C)C)CCC1O. The van der Waals surface area contributed by atoms with Crippen molar-refractivity contribution in [1.29, 1.82) is 0 Å². The maximum absolute atomic E-state index is 10.4. The highest BCUT2D eigenvalue weighted by molar-refractivity contribution is 4.87. The summed E-state index contributed by atoms with van der Waals surface area (Å²) in [7, 11) is 2.21. The maximum atomic E-state index is 10.4. The van der Waals surface area contributed by atoms with E-state index >= 15 is 0 Å². The van der Waals surface area contributed by atoms with Gasteiger partial charge in [0.05, 0.1) is 12.7 Å². The van der Waals surface area contributed by atoms with Gasteiger partial charge in [0.15, 0.2) is 0 Å². The van der Waals surface area contributed by atoms with E-state index in [1.54, 1.807) is 0 Å². The van der Waals surface area contributed by atoms with Crippen molar-refractivity contribution >= 4 is 0 Å². The van der Waals surface area contributed by atoms with E-state index in [-0.39, 0.29) is 6.10 Å². The van der Waals surface area contributed by atoms with Gasteiger partial charge in [-0.1, -0.05) is 20.8 Å². The molecular formula is C18H35NO2. The summed E-state index contributed by atoms with van der Waals surface area (Å²) in [6.45, 7) is 11.0. The molecule has 124 valence electrons. The predicted octanol–water partition coefficient (Wildman–Crippen LogP) is 3.17. The van der Waals surface area contributed by atoms with E-state index in [2.05, 4.69) is 32.7 Å². The van der Waals surface area contributed by atoms with Gasteiger partial charge in [0.25, 0.3) is 0 Å². The summed E-state index contributed by atoms with van der Waals surface area (Å²) < 4.78 is 5.58. The molecule has 1 aliphatic carbocycles. The van der Waals surface area contributed by atoms with Crippen LogP contribution in [0.2, 0.25) is 0 Å². The number of hydrogen-bond acceptors (Lipinski definition) is 3. The van der Waals surface area contributed by atoms with Crippen LogP contribution in [-0.2, 0) is 4.74 Å². The van der Waals surface area contributed by atoms with Crippen molar-refractivity contribution in [2.24, 2.45) is 23.2 Å². The second kappa shape index (κ2) is 7.43. The first-order valence-electron chi connectivity index (χ1n) is 8.80. The van der Waals surface area contributed by atoms with Gasteiger partial charge in [-0.15, -0.1) is 0 Å². The summed E-state index contributed by atoms with van der Waals surface area (Å²) >= 11 is 0. The van der Waals surface area contributed by atoms with Crippen molar-refractivity contribution in [1.82, 2.24) is 4.90 Å². The Hall–Kier alpha value is -0.120. The molecule has 1 N–H and O–H groups in total. The second-order valence-corrected chi connectivity index (χ2v) is 8.51. The van der Waals surface area contributed by atoms with Crippen molar-refractivity contribution in [2.75, 3.05) is 33.4 Å². The Bertz CT molecular complexity index is 307. The Kier molecular flexibility index (Phi) is 6.10. The van der Waals surface area contributed by atoms with Gasteiger partial charge < -0.3 is 14.7 Å². The molecule has 2 aliphatic rings. The molecule has 1 saturated carbocycles. The van der Waals surface area contributed by atoms with Gasteiger partial charge >= 0.3 is 0 Å². The Labute approximate surface area is 131 Å². The van der Waals surface area contributed by atoms with E-state index in [0.29, 0.717) is 17.3 Å². The third kappa shape index (κ3) is 5.22. The molecule has 3 heteroatoms. The van der Waals surface area contributed by atoms with Crippen LogP contribution in [-0.4, -0.2) is 49.5 Å². The number of aliphatic hydroxyl groups is 1. The molecule has 0 bridgehead atoms. The first-order chi connectivity index (χ1) is 9.86. The molecule has 2 fully saturated rings. The van der Waals surface area contributed by atoms with Crippen LogP contribution in [0.15, 0.2) is 0 Å². The first-order valence-corrected chi connectivity index (χ1v) is 8.80. The summed E-state index contributed by atoms with van der Waals surface area (Å²) in [6, 6.07) is 0. The highest BCUT2D eigenvalue weighted by Gasteiger charge is 2.35. The summed E-state index contributed by atoms with van der Waals surface area (Å²) in [5.41, 5.74) is 0.369. The van der Waals surface area contributed by atoms with E-state index in [1.165, 1.54) is 25.7 Å². The first kappa shape index (κ1) is 17.2. The molecule has 0 amide bonds. The van der Waals surface area contributed by atoms with Crippen LogP contribution in [0.1, 0.15) is 52.9 Å². The van der Waals surface area contributed by atoms with Gasteiger partial charge in [0, 0.05) is 19.7 Å². The zero-order chi connectivity index (χ0) is 15.5. The fourth-order valence-electron chi connectivity index (χ4n) is 4.10. The molecule has 0 radical (unpaired) electrons. The number of ether oxygens (including phenoxy) is 1. The molecule has 21 heavy (non-hydrogen) atoms. The van der Waals surface area contributed by atoms with Crippen LogP contribution in [0.25, 0.3) is 0 Å². The van der Waals surface area contributed by atoms with Crippen molar-refractivity contribution in [2.45, 2.75) is 59.0 Å². The lowest BCUT2D eigenvalue weighted by molar-refractivity contribution is -0.00232. The van der Waals surface area contributed by atoms with Gasteiger partial charge in [-0.25, -0.2) is 0 Å². The lowest BCUT2D eigenvalue weighted by atomic mass is 9.68. The van der Waals surface area contributed by atoms with Gasteiger partial charge in [0.2, 0.25) is 0 Å². The van der Waals surface area contributed by atoms with Crippen LogP contribution in [0.4, 0.5) is 0 Å². The minimum Gasteiger partial charge on any atom is -0.393 e. The van der Waals surface area contributed by atoms with Gasteiger partial charge in [-0.3, -0.25) is 0 Å². The van der Waals surface area contributed by atoms with Crippen LogP contribution in [0, 0.1) is 23.2 Å². The third-order valence-electron chi connectivity index (χ3n) is 5.54. The molecule has 3 nitrogen and oxygen atoms in total. The van der Waals surface area contributed by atoms with Crippen molar-refractivity contribution < 1.29 is 9.84 Å². The van der Waals surface area contributed by atoms with E-state index in [4.69, 9.17) is 4.74 Å². The number of rotatable bonds is 4. The second-order valence-electron chi connectivity index (χ2n) is 8.51. The number of nitrogens with zero attached hydrogens (tertiary/aromatic N) is 1. The number of hydrogen-bond donors (Lipinski definition) is 1. The van der Waals surface area contributed by atoms with Gasteiger partial charge in [-0.2, -0.15) is 0 Å². The molecule has 0 spiro atoms. The Balaban J connectivity index is 1.81. The molecule has 1 aliphatic heterocycles. The molecule has 0 aromatic carbocycles. The van der Waals surface area contributed by atoms with Crippen molar-refractivity contribution in [3.05, 3.63) is 0 Å². The van der Waals surface area contributed by atoms with Crippen LogP contribution >= 0.6 is 0 Å². The molecule has 1 heterocycles. The third-order valence-corrected chi connectivity index (χ3v) is 5.54. The molecule has 4 unspecified atom stereocenters. The lowest BCUT2D eigenvalue weighted by Crippen LogP contribution is -2.42. The van der Waals surface area contributed by atoms with E-state index in [0.717, 1.165) is 38.6 Å². The van der Waals surface area contributed by atoms with Crippen LogP contribution in [0.3, 0.4) is 0 Å². The predicted molar refractivity (Wildman–Crippen MR) is 87.3 cm³/mol. The smallest absolute Gasteiger partial charge is 0.0580 e. The summed E-state index contributed by atoms with van der Waals surface area (Å²) in [5, 5.41) is 10.4. The Morgan fingerprint density at radius 2 is 1.90 bits per heavy atom. The molecule has 0 aromatic rings. The molecule has 4 atom stereocenters. The van der Waals surface area contributed by atoms with E-state index in [1.807, 2.05) is 0 Å². The molecule has 0 aromatic heterocycles. The van der Waals surface area contributed by atoms with Crippen molar-refractivity contribution in [3.63, 3.8) is 0 Å². The number of aliphatic hydroxyl groups excluding tert-OH is 1. The van der Waals surface area contributed by atoms with Crippen molar-refractivity contribution in [3.8, 4) is 0 Å². The monoisotopic (exact) mass is 297 g/mol. The van der Waals surface area contributed by atoms with Crippen LogP contribution in [0.5, 0.6) is 0 Å².